The Morgan fingerprint density at radius 1 is 0.632 bits per heavy atom. The maximum absolute atomic E-state index is 5.13. The van der Waals surface area contributed by atoms with Crippen LogP contribution in [0.2, 0.25) is 0 Å². The standard InChI is InChI=1S/C30H28N8/c1-36-28-27(35-30(36)38-31-19-20-32-38)29(34-26(33-28)18-17-23-11-5-2-6-12-23)37(21-24-13-7-3-8-14-24)22-25-15-9-4-10-16-25/h2-16,19-20H,17-18,21-22H2,1H3. The van der Waals surface area contributed by atoms with Crippen molar-refractivity contribution in [2.45, 2.75) is 25.9 Å². The topological polar surface area (TPSA) is 77.5 Å². The van der Waals surface area contributed by atoms with Gasteiger partial charge in [-0.2, -0.15) is 10.2 Å². The lowest BCUT2D eigenvalue weighted by Gasteiger charge is -2.25. The summed E-state index contributed by atoms with van der Waals surface area (Å²) in [7, 11) is 1.95. The molecule has 3 aromatic heterocycles. The molecule has 3 aromatic carbocycles. The first-order valence-electron chi connectivity index (χ1n) is 12.7. The molecule has 6 rings (SSSR count). The molecule has 0 N–H and O–H groups in total. The van der Waals surface area contributed by atoms with Gasteiger partial charge < -0.3 is 4.90 Å². The Balaban J connectivity index is 1.47. The van der Waals surface area contributed by atoms with Crippen molar-refractivity contribution in [1.29, 1.82) is 0 Å². The second-order valence-corrected chi connectivity index (χ2v) is 9.24. The van der Waals surface area contributed by atoms with Gasteiger partial charge in [0.1, 0.15) is 5.82 Å². The zero-order valence-corrected chi connectivity index (χ0v) is 21.2. The largest absolute Gasteiger partial charge is 0.346 e. The van der Waals surface area contributed by atoms with Crippen LogP contribution in [-0.4, -0.2) is 34.5 Å². The van der Waals surface area contributed by atoms with Crippen molar-refractivity contribution in [2.75, 3.05) is 4.90 Å². The van der Waals surface area contributed by atoms with E-state index >= 15 is 0 Å². The summed E-state index contributed by atoms with van der Waals surface area (Å²) in [5.41, 5.74) is 5.15. The van der Waals surface area contributed by atoms with Crippen LogP contribution in [0.4, 0.5) is 5.82 Å². The lowest BCUT2D eigenvalue weighted by atomic mass is 10.1. The van der Waals surface area contributed by atoms with E-state index in [0.29, 0.717) is 19.0 Å². The van der Waals surface area contributed by atoms with Gasteiger partial charge in [-0.25, -0.2) is 15.0 Å². The van der Waals surface area contributed by atoms with Gasteiger partial charge in [0.05, 0.1) is 12.4 Å². The first-order valence-corrected chi connectivity index (χ1v) is 12.7. The van der Waals surface area contributed by atoms with E-state index in [1.807, 2.05) is 29.8 Å². The van der Waals surface area contributed by atoms with Gasteiger partial charge in [-0.15, -0.1) is 4.80 Å². The first-order chi connectivity index (χ1) is 18.7. The van der Waals surface area contributed by atoms with Gasteiger partial charge in [0.25, 0.3) is 5.95 Å². The summed E-state index contributed by atoms with van der Waals surface area (Å²) in [6.07, 6.45) is 4.87. The third-order valence-electron chi connectivity index (χ3n) is 6.53. The Labute approximate surface area is 221 Å². The van der Waals surface area contributed by atoms with Gasteiger partial charge in [0, 0.05) is 26.6 Å². The minimum Gasteiger partial charge on any atom is -0.346 e. The van der Waals surface area contributed by atoms with Crippen LogP contribution in [0.5, 0.6) is 0 Å². The van der Waals surface area contributed by atoms with E-state index in [1.54, 1.807) is 12.4 Å². The van der Waals surface area contributed by atoms with Crippen molar-refractivity contribution < 1.29 is 0 Å². The van der Waals surface area contributed by atoms with Crippen LogP contribution in [-0.2, 0) is 33.0 Å². The van der Waals surface area contributed by atoms with Gasteiger partial charge >= 0.3 is 0 Å². The summed E-state index contributed by atoms with van der Waals surface area (Å²) in [5, 5.41) is 8.62. The van der Waals surface area contributed by atoms with Crippen LogP contribution in [0.3, 0.4) is 0 Å². The maximum Gasteiger partial charge on any atom is 0.251 e. The van der Waals surface area contributed by atoms with Crippen LogP contribution in [0.25, 0.3) is 17.1 Å². The van der Waals surface area contributed by atoms with Gasteiger partial charge in [-0.3, -0.25) is 4.57 Å². The monoisotopic (exact) mass is 500 g/mol. The van der Waals surface area contributed by atoms with Crippen LogP contribution in [0.1, 0.15) is 22.5 Å². The van der Waals surface area contributed by atoms with E-state index in [2.05, 4.69) is 87.9 Å². The predicted molar refractivity (Wildman–Crippen MR) is 148 cm³/mol. The summed E-state index contributed by atoms with van der Waals surface area (Å²) in [5.74, 6) is 2.19. The Hall–Kier alpha value is -4.85. The Bertz CT molecular complexity index is 1570. The maximum atomic E-state index is 5.13. The number of hydrogen-bond donors (Lipinski definition) is 0. The molecule has 8 heteroatoms. The number of imidazole rings is 1. The molecule has 0 amide bonds. The van der Waals surface area contributed by atoms with Crippen molar-refractivity contribution in [3.63, 3.8) is 0 Å². The molecular weight excluding hydrogens is 472 g/mol. The Morgan fingerprint density at radius 2 is 1.18 bits per heavy atom. The molecule has 0 saturated heterocycles. The summed E-state index contributed by atoms with van der Waals surface area (Å²) in [6, 6.07) is 31.4. The Morgan fingerprint density at radius 3 is 1.76 bits per heavy atom. The fourth-order valence-electron chi connectivity index (χ4n) is 4.62. The highest BCUT2D eigenvalue weighted by Crippen LogP contribution is 2.28. The minimum absolute atomic E-state index is 0.597. The van der Waals surface area contributed by atoms with E-state index in [1.165, 1.54) is 21.5 Å². The molecule has 38 heavy (non-hydrogen) atoms. The van der Waals surface area contributed by atoms with E-state index in [0.717, 1.165) is 35.6 Å². The van der Waals surface area contributed by atoms with Gasteiger partial charge in [-0.1, -0.05) is 91.0 Å². The fourth-order valence-corrected chi connectivity index (χ4v) is 4.62. The number of anilines is 1. The summed E-state index contributed by atoms with van der Waals surface area (Å²) < 4.78 is 1.94. The summed E-state index contributed by atoms with van der Waals surface area (Å²) in [6.45, 7) is 1.37. The van der Waals surface area contributed by atoms with Crippen LogP contribution >= 0.6 is 0 Å². The minimum atomic E-state index is 0.597. The zero-order chi connectivity index (χ0) is 25.7. The van der Waals surface area contributed by atoms with E-state index < -0.39 is 0 Å². The number of benzene rings is 3. The lowest BCUT2D eigenvalue weighted by Crippen LogP contribution is -2.24. The fraction of sp³-hybridized carbons (Fsp3) is 0.167. The van der Waals surface area contributed by atoms with Crippen molar-refractivity contribution >= 4 is 17.0 Å². The molecule has 0 unspecified atom stereocenters. The molecule has 6 aromatic rings. The molecule has 8 nitrogen and oxygen atoms in total. The molecule has 0 radical (unpaired) electrons. The first kappa shape index (κ1) is 23.5. The second kappa shape index (κ2) is 10.6. The molecule has 0 spiro atoms. The van der Waals surface area contributed by atoms with Gasteiger partial charge in [0.15, 0.2) is 17.0 Å². The lowest BCUT2D eigenvalue weighted by molar-refractivity contribution is 0.674. The molecule has 0 saturated carbocycles. The predicted octanol–water partition coefficient (Wildman–Crippen LogP) is 4.94. The van der Waals surface area contributed by atoms with Gasteiger partial charge in [0.2, 0.25) is 0 Å². The number of hydrogen-bond acceptors (Lipinski definition) is 6. The van der Waals surface area contributed by atoms with Crippen molar-refractivity contribution in [2.24, 2.45) is 7.05 Å². The smallest absolute Gasteiger partial charge is 0.251 e. The van der Waals surface area contributed by atoms with E-state index in [4.69, 9.17) is 15.0 Å². The molecule has 0 aliphatic carbocycles. The summed E-state index contributed by atoms with van der Waals surface area (Å²) in [4.78, 5) is 18.9. The zero-order valence-electron chi connectivity index (χ0n) is 21.2. The molecule has 0 aliphatic heterocycles. The summed E-state index contributed by atoms with van der Waals surface area (Å²) >= 11 is 0. The van der Waals surface area contributed by atoms with E-state index in [-0.39, 0.29) is 0 Å². The molecule has 3 heterocycles. The average molecular weight is 501 g/mol. The normalized spacial score (nSPS) is 11.2. The molecule has 0 bridgehead atoms. The number of fused-ring (bicyclic) bond motifs is 1. The quantitative estimate of drug-likeness (QED) is 0.280. The number of aromatic nitrogens is 7. The average Bonchev–Trinajstić information content (AvgIpc) is 3.61. The SMILES string of the molecule is Cn1c(-n2nccn2)nc2c(N(Cc3ccccc3)Cc3ccccc3)nc(CCc3ccccc3)nc21. The van der Waals surface area contributed by atoms with Crippen LogP contribution < -0.4 is 4.90 Å². The molecule has 188 valence electrons. The number of nitrogens with zero attached hydrogens (tertiary/aromatic N) is 8. The molecule has 0 atom stereocenters. The van der Waals surface area contributed by atoms with E-state index in [9.17, 15) is 0 Å². The van der Waals surface area contributed by atoms with Crippen molar-refractivity contribution in [1.82, 2.24) is 34.5 Å². The second-order valence-electron chi connectivity index (χ2n) is 9.24. The van der Waals surface area contributed by atoms with Crippen molar-refractivity contribution in [3.05, 3.63) is 126 Å². The third-order valence-corrected chi connectivity index (χ3v) is 6.53. The Kier molecular flexibility index (Phi) is 6.59. The molecule has 0 fully saturated rings. The highest BCUT2D eigenvalue weighted by molar-refractivity contribution is 5.85. The van der Waals surface area contributed by atoms with Crippen LogP contribution in [0, 0.1) is 0 Å². The van der Waals surface area contributed by atoms with Crippen molar-refractivity contribution in [3.8, 4) is 5.95 Å². The van der Waals surface area contributed by atoms with Crippen LogP contribution in [0.15, 0.2) is 103 Å². The van der Waals surface area contributed by atoms with Gasteiger partial charge in [-0.05, 0) is 23.1 Å². The highest BCUT2D eigenvalue weighted by atomic mass is 15.5. The highest BCUT2D eigenvalue weighted by Gasteiger charge is 2.22. The number of rotatable bonds is 9. The molecule has 0 aliphatic rings. The molecular formula is C30H28N8. The third kappa shape index (κ3) is 5.01. The number of aryl methyl sites for hydroxylation is 3.